The van der Waals surface area contributed by atoms with Crippen LogP contribution in [0.2, 0.25) is 0 Å². The van der Waals surface area contributed by atoms with Gasteiger partial charge in [0, 0.05) is 29.2 Å². The van der Waals surface area contributed by atoms with Crippen molar-refractivity contribution >= 4 is 33.0 Å². The van der Waals surface area contributed by atoms with Crippen molar-refractivity contribution in [2.45, 2.75) is 17.7 Å². The van der Waals surface area contributed by atoms with Gasteiger partial charge in [-0.15, -0.1) is 0 Å². The first-order valence-corrected chi connectivity index (χ1v) is 11.3. The summed E-state index contributed by atoms with van der Waals surface area (Å²) in [5, 5.41) is 6.08. The van der Waals surface area contributed by atoms with Gasteiger partial charge in [0.05, 0.1) is 4.90 Å². The molecular formula is C23H23N3O3S. The van der Waals surface area contributed by atoms with Crippen LogP contribution in [0.4, 0.5) is 17.1 Å². The zero-order valence-electron chi connectivity index (χ0n) is 16.3. The zero-order valence-corrected chi connectivity index (χ0v) is 17.2. The predicted octanol–water partition coefficient (Wildman–Crippen LogP) is 4.37. The van der Waals surface area contributed by atoms with Gasteiger partial charge in [-0.3, -0.25) is 4.79 Å². The van der Waals surface area contributed by atoms with E-state index in [2.05, 4.69) is 15.4 Å². The van der Waals surface area contributed by atoms with Gasteiger partial charge < -0.3 is 10.6 Å². The molecule has 4 rings (SSSR count). The van der Waals surface area contributed by atoms with Gasteiger partial charge in [-0.1, -0.05) is 24.3 Å². The molecule has 0 aliphatic heterocycles. The number of carbonyl (C=O) groups is 1. The number of nitrogens with one attached hydrogen (secondary N) is 3. The molecule has 1 saturated carbocycles. The van der Waals surface area contributed by atoms with Gasteiger partial charge in [-0.2, -0.15) is 0 Å². The monoisotopic (exact) mass is 421 g/mol. The molecule has 0 aromatic heterocycles. The highest BCUT2D eigenvalue weighted by Crippen LogP contribution is 2.28. The molecule has 7 heteroatoms. The number of para-hydroxylation sites is 1. The lowest BCUT2D eigenvalue weighted by Gasteiger charge is -2.10. The van der Waals surface area contributed by atoms with Crippen LogP contribution in [0.15, 0.2) is 83.8 Å². The molecule has 1 aliphatic rings. The largest absolute Gasteiger partial charge is 0.356 e. The molecule has 0 atom stereocenters. The lowest BCUT2D eigenvalue weighted by atomic mass is 10.2. The quantitative estimate of drug-likeness (QED) is 0.504. The zero-order chi connectivity index (χ0) is 21.0. The Morgan fingerprint density at radius 3 is 2.20 bits per heavy atom. The topological polar surface area (TPSA) is 87.3 Å². The van der Waals surface area contributed by atoms with Gasteiger partial charge in [0.2, 0.25) is 10.0 Å². The minimum absolute atomic E-state index is 0.0956. The van der Waals surface area contributed by atoms with Crippen molar-refractivity contribution in [1.82, 2.24) is 4.72 Å². The number of amides is 1. The van der Waals surface area contributed by atoms with E-state index in [1.54, 1.807) is 24.3 Å². The molecule has 154 valence electrons. The van der Waals surface area contributed by atoms with Gasteiger partial charge in [0.15, 0.2) is 0 Å². The van der Waals surface area contributed by atoms with E-state index in [4.69, 9.17) is 0 Å². The van der Waals surface area contributed by atoms with Crippen molar-refractivity contribution in [1.29, 1.82) is 0 Å². The SMILES string of the molecule is O=C(Nc1ccc(Nc2ccccc2)cc1)c1cccc(S(=O)(=O)NCC2CC2)c1. The Morgan fingerprint density at radius 2 is 1.50 bits per heavy atom. The summed E-state index contributed by atoms with van der Waals surface area (Å²) in [6.45, 7) is 0.447. The summed E-state index contributed by atoms with van der Waals surface area (Å²) in [4.78, 5) is 12.7. The predicted molar refractivity (Wildman–Crippen MR) is 118 cm³/mol. The minimum atomic E-state index is -3.62. The third-order valence-corrected chi connectivity index (χ3v) is 6.29. The Hall–Kier alpha value is -3.16. The molecule has 1 fully saturated rings. The summed E-state index contributed by atoms with van der Waals surface area (Å²) >= 11 is 0. The lowest BCUT2D eigenvalue weighted by Crippen LogP contribution is -2.26. The van der Waals surface area contributed by atoms with Crippen molar-refractivity contribution < 1.29 is 13.2 Å². The van der Waals surface area contributed by atoms with Crippen LogP contribution in [0.5, 0.6) is 0 Å². The fourth-order valence-electron chi connectivity index (χ4n) is 2.97. The van der Waals surface area contributed by atoms with Crippen molar-refractivity contribution in [2.75, 3.05) is 17.2 Å². The van der Waals surface area contributed by atoms with E-state index < -0.39 is 10.0 Å². The van der Waals surface area contributed by atoms with Crippen LogP contribution in [-0.2, 0) is 10.0 Å². The van der Waals surface area contributed by atoms with Crippen molar-refractivity contribution in [3.8, 4) is 0 Å². The number of anilines is 3. The highest BCUT2D eigenvalue weighted by Gasteiger charge is 2.24. The Labute approximate surface area is 176 Å². The van der Waals surface area contributed by atoms with Crippen LogP contribution in [0.1, 0.15) is 23.2 Å². The fourth-order valence-corrected chi connectivity index (χ4v) is 4.13. The highest BCUT2D eigenvalue weighted by molar-refractivity contribution is 7.89. The molecule has 0 heterocycles. The van der Waals surface area contributed by atoms with E-state index in [1.807, 2.05) is 42.5 Å². The molecule has 6 nitrogen and oxygen atoms in total. The van der Waals surface area contributed by atoms with E-state index in [0.717, 1.165) is 24.2 Å². The van der Waals surface area contributed by atoms with Crippen LogP contribution in [-0.4, -0.2) is 20.9 Å². The smallest absolute Gasteiger partial charge is 0.255 e. The molecule has 30 heavy (non-hydrogen) atoms. The second kappa shape index (κ2) is 8.69. The molecule has 1 aliphatic carbocycles. The first-order chi connectivity index (χ1) is 14.5. The van der Waals surface area contributed by atoms with Gasteiger partial charge >= 0.3 is 0 Å². The third-order valence-electron chi connectivity index (χ3n) is 4.87. The Balaban J connectivity index is 1.41. The lowest BCUT2D eigenvalue weighted by molar-refractivity contribution is 0.102. The third kappa shape index (κ3) is 5.25. The summed E-state index contributed by atoms with van der Waals surface area (Å²) in [5.74, 6) is 0.0728. The molecule has 3 aromatic rings. The molecule has 0 spiro atoms. The highest BCUT2D eigenvalue weighted by atomic mass is 32.2. The van der Waals surface area contributed by atoms with E-state index in [-0.39, 0.29) is 16.4 Å². The van der Waals surface area contributed by atoms with E-state index in [0.29, 0.717) is 18.2 Å². The average Bonchev–Trinajstić information content (AvgIpc) is 3.59. The van der Waals surface area contributed by atoms with Gasteiger partial charge in [0.1, 0.15) is 0 Å². The molecule has 1 amide bonds. The number of sulfonamides is 1. The molecule has 0 bridgehead atoms. The Morgan fingerprint density at radius 1 is 0.833 bits per heavy atom. The summed E-state index contributed by atoms with van der Waals surface area (Å²) in [7, 11) is -3.62. The van der Waals surface area contributed by atoms with Crippen LogP contribution in [0.25, 0.3) is 0 Å². The number of hydrogen-bond donors (Lipinski definition) is 3. The van der Waals surface area contributed by atoms with Crippen LogP contribution in [0.3, 0.4) is 0 Å². The van der Waals surface area contributed by atoms with Gasteiger partial charge in [-0.05, 0) is 73.4 Å². The van der Waals surface area contributed by atoms with E-state index in [1.165, 1.54) is 12.1 Å². The average molecular weight is 422 g/mol. The van der Waals surface area contributed by atoms with Crippen LogP contribution in [0, 0.1) is 5.92 Å². The molecule has 0 unspecified atom stereocenters. The van der Waals surface area contributed by atoms with Crippen molar-refractivity contribution in [3.05, 3.63) is 84.4 Å². The Kier molecular flexibility index (Phi) is 5.83. The molecule has 3 N–H and O–H groups in total. The second-order valence-corrected chi connectivity index (χ2v) is 9.11. The first kappa shape index (κ1) is 20.1. The van der Waals surface area contributed by atoms with Gasteiger partial charge in [-0.25, -0.2) is 13.1 Å². The maximum atomic E-state index is 12.6. The summed E-state index contributed by atoms with van der Waals surface area (Å²) in [5.41, 5.74) is 2.78. The van der Waals surface area contributed by atoms with Crippen LogP contribution >= 0.6 is 0 Å². The normalized spacial score (nSPS) is 13.6. The van der Waals surface area contributed by atoms with Gasteiger partial charge in [0.25, 0.3) is 5.91 Å². The Bertz CT molecular complexity index is 1130. The second-order valence-electron chi connectivity index (χ2n) is 7.35. The van der Waals surface area contributed by atoms with E-state index in [9.17, 15) is 13.2 Å². The first-order valence-electron chi connectivity index (χ1n) is 9.83. The van der Waals surface area contributed by atoms with E-state index >= 15 is 0 Å². The number of carbonyl (C=O) groups excluding carboxylic acids is 1. The fraction of sp³-hybridized carbons (Fsp3) is 0.174. The minimum Gasteiger partial charge on any atom is -0.356 e. The molecule has 3 aromatic carbocycles. The van der Waals surface area contributed by atoms with Crippen LogP contribution < -0.4 is 15.4 Å². The number of rotatable bonds is 8. The summed E-state index contributed by atoms with van der Waals surface area (Å²) in [6.07, 6.45) is 2.12. The maximum Gasteiger partial charge on any atom is 0.255 e. The number of hydrogen-bond acceptors (Lipinski definition) is 4. The molecule has 0 saturated heterocycles. The van der Waals surface area contributed by atoms with Crippen molar-refractivity contribution in [3.63, 3.8) is 0 Å². The maximum absolute atomic E-state index is 12.6. The molecule has 0 radical (unpaired) electrons. The van der Waals surface area contributed by atoms with Crippen molar-refractivity contribution in [2.24, 2.45) is 5.92 Å². The summed E-state index contributed by atoms with van der Waals surface area (Å²) < 4.78 is 27.5. The number of benzene rings is 3. The standard InChI is InChI=1S/C23H23N3O3S/c27-23(18-5-4-8-22(15-18)30(28,29)24-16-17-9-10-17)26-21-13-11-20(12-14-21)25-19-6-2-1-3-7-19/h1-8,11-15,17,24-25H,9-10,16H2,(H,26,27). The summed E-state index contributed by atoms with van der Waals surface area (Å²) in [6, 6.07) is 23.2. The molecular weight excluding hydrogens is 398 g/mol.